The van der Waals surface area contributed by atoms with Crippen molar-refractivity contribution in [2.45, 2.75) is 37.2 Å². The van der Waals surface area contributed by atoms with Gasteiger partial charge in [0.25, 0.3) is 0 Å². The molecule has 2 atom stereocenters. The Morgan fingerprint density at radius 1 is 1.11 bits per heavy atom. The van der Waals surface area contributed by atoms with Crippen LogP contribution in [-0.2, 0) is 23.9 Å². The van der Waals surface area contributed by atoms with Crippen LogP contribution < -0.4 is 20.1 Å². The molecule has 2 fully saturated rings. The van der Waals surface area contributed by atoms with Crippen LogP contribution in [0.4, 0.5) is 19.0 Å². The van der Waals surface area contributed by atoms with Crippen LogP contribution in [0.15, 0.2) is 59.4 Å². The average Bonchev–Trinajstić information content (AvgIpc) is 3.49. The summed E-state index contributed by atoms with van der Waals surface area (Å²) < 4.78 is 57.5. The quantitative estimate of drug-likeness (QED) is 0.525. The molecule has 35 heavy (non-hydrogen) atoms. The van der Waals surface area contributed by atoms with Gasteiger partial charge in [-0.3, -0.25) is 4.57 Å². The molecule has 3 aliphatic rings. The first kappa shape index (κ1) is 22.0. The fourth-order valence-electron chi connectivity index (χ4n) is 5.13. The number of rotatable bonds is 6. The van der Waals surface area contributed by atoms with Crippen LogP contribution >= 0.6 is 0 Å². The van der Waals surface area contributed by atoms with E-state index in [1.54, 1.807) is 16.7 Å². The zero-order valence-corrected chi connectivity index (χ0v) is 18.6. The first-order valence-electron chi connectivity index (χ1n) is 11.4. The summed E-state index contributed by atoms with van der Waals surface area (Å²) in [7, 11) is 0. The number of aromatic nitrogens is 2. The molecule has 10 heteroatoms. The normalized spacial score (nSPS) is 22.3. The van der Waals surface area contributed by atoms with Gasteiger partial charge in [-0.25, -0.2) is 4.79 Å². The van der Waals surface area contributed by atoms with E-state index in [2.05, 4.69) is 9.88 Å². The topological polar surface area (TPSA) is 65.8 Å². The first-order valence-corrected chi connectivity index (χ1v) is 11.4. The van der Waals surface area contributed by atoms with Gasteiger partial charge in [-0.05, 0) is 35.9 Å². The number of hydrogen-bond acceptors (Lipinski definition) is 6. The van der Waals surface area contributed by atoms with Crippen LogP contribution in [-0.4, -0.2) is 41.0 Å². The second-order valence-electron chi connectivity index (χ2n) is 9.16. The first-order chi connectivity index (χ1) is 16.8. The van der Waals surface area contributed by atoms with Crippen molar-refractivity contribution in [3.05, 3.63) is 76.2 Å². The van der Waals surface area contributed by atoms with Crippen LogP contribution in [0, 0.1) is 0 Å². The number of ether oxygens (including phenoxy) is 3. The van der Waals surface area contributed by atoms with Gasteiger partial charge < -0.3 is 19.1 Å². The van der Waals surface area contributed by atoms with E-state index in [-0.39, 0.29) is 23.1 Å². The molecule has 7 nitrogen and oxygen atoms in total. The molecular formula is C25H22F3N3O4. The van der Waals surface area contributed by atoms with Gasteiger partial charge in [0.05, 0.1) is 37.0 Å². The van der Waals surface area contributed by atoms with Gasteiger partial charge in [0.2, 0.25) is 5.88 Å². The Labute approximate surface area is 198 Å². The van der Waals surface area contributed by atoms with Crippen molar-refractivity contribution in [2.75, 3.05) is 24.7 Å². The van der Waals surface area contributed by atoms with Gasteiger partial charge in [0.1, 0.15) is 17.3 Å². The summed E-state index contributed by atoms with van der Waals surface area (Å²) in [6, 6.07) is 13.6. The Balaban J connectivity index is 1.07. The standard InChI is InChI=1S/C25H22F3N3O4/c26-25(27,28)17-2-1-3-19(10-17)35-18-6-4-16(5-7-18)8-9-33-21-11-22-30(23(32)29-21)14-24-12-20(34-15-24)13-31(22)24/h1-7,10-11,20H,8-9,12-15H2/t20-,24+/m0/s1. The van der Waals surface area contributed by atoms with Crippen molar-refractivity contribution in [3.8, 4) is 17.4 Å². The highest BCUT2D eigenvalue weighted by Crippen LogP contribution is 2.46. The van der Waals surface area contributed by atoms with Crippen molar-refractivity contribution < 1.29 is 27.4 Å². The smallest absolute Gasteiger partial charge is 0.416 e. The van der Waals surface area contributed by atoms with E-state index in [4.69, 9.17) is 14.2 Å². The van der Waals surface area contributed by atoms with Crippen LogP contribution in [0.3, 0.4) is 0 Å². The van der Waals surface area contributed by atoms with Crippen LogP contribution in [0.5, 0.6) is 17.4 Å². The maximum atomic E-state index is 12.9. The lowest BCUT2D eigenvalue weighted by molar-refractivity contribution is -0.137. The molecule has 1 spiro atoms. The molecule has 6 rings (SSSR count). The van der Waals surface area contributed by atoms with E-state index < -0.39 is 11.7 Å². The van der Waals surface area contributed by atoms with Gasteiger partial charge in [-0.1, -0.05) is 18.2 Å². The van der Waals surface area contributed by atoms with E-state index >= 15 is 0 Å². The molecule has 0 N–H and O–H groups in total. The number of fused-ring (bicyclic) bond motifs is 3. The number of alkyl halides is 3. The molecule has 0 aliphatic carbocycles. The minimum Gasteiger partial charge on any atom is -0.477 e. The summed E-state index contributed by atoms with van der Waals surface area (Å²) in [6.45, 7) is 2.32. The Hall–Kier alpha value is -3.53. The van der Waals surface area contributed by atoms with Crippen molar-refractivity contribution >= 4 is 5.82 Å². The Morgan fingerprint density at radius 2 is 1.94 bits per heavy atom. The molecule has 182 valence electrons. The summed E-state index contributed by atoms with van der Waals surface area (Å²) in [5, 5.41) is 0. The van der Waals surface area contributed by atoms with Crippen molar-refractivity contribution in [2.24, 2.45) is 0 Å². The molecular weight excluding hydrogens is 463 g/mol. The Morgan fingerprint density at radius 3 is 2.71 bits per heavy atom. The number of morpholine rings is 1. The van der Waals surface area contributed by atoms with E-state index in [9.17, 15) is 18.0 Å². The van der Waals surface area contributed by atoms with Gasteiger partial charge in [-0.2, -0.15) is 18.2 Å². The largest absolute Gasteiger partial charge is 0.477 e. The molecule has 2 saturated heterocycles. The lowest BCUT2D eigenvalue weighted by atomic mass is 10.0. The van der Waals surface area contributed by atoms with E-state index in [1.807, 2.05) is 18.2 Å². The average molecular weight is 485 g/mol. The fraction of sp³-hybridized carbons (Fsp3) is 0.360. The third-order valence-corrected chi connectivity index (χ3v) is 6.81. The summed E-state index contributed by atoms with van der Waals surface area (Å²) in [5.41, 5.74) is -0.257. The Bertz CT molecular complexity index is 1320. The maximum absolute atomic E-state index is 12.9. The summed E-state index contributed by atoms with van der Waals surface area (Å²) in [4.78, 5) is 18.9. The van der Waals surface area contributed by atoms with E-state index in [0.29, 0.717) is 37.8 Å². The number of hydrogen-bond donors (Lipinski definition) is 0. The predicted molar refractivity (Wildman–Crippen MR) is 120 cm³/mol. The van der Waals surface area contributed by atoms with Crippen LogP contribution in [0.1, 0.15) is 17.5 Å². The molecule has 2 aromatic carbocycles. The minimum atomic E-state index is -4.42. The molecule has 2 bridgehead atoms. The molecule has 3 aromatic rings. The monoisotopic (exact) mass is 485 g/mol. The van der Waals surface area contributed by atoms with Crippen LogP contribution in [0.2, 0.25) is 0 Å². The minimum absolute atomic E-state index is 0.115. The second-order valence-corrected chi connectivity index (χ2v) is 9.16. The molecule has 4 heterocycles. The van der Waals surface area contributed by atoms with E-state index in [0.717, 1.165) is 36.5 Å². The van der Waals surface area contributed by atoms with Gasteiger partial charge in [0, 0.05) is 25.5 Å². The number of halogens is 3. The van der Waals surface area contributed by atoms with Gasteiger partial charge >= 0.3 is 11.9 Å². The lowest BCUT2D eigenvalue weighted by Gasteiger charge is -2.32. The zero-order valence-electron chi connectivity index (χ0n) is 18.6. The third-order valence-electron chi connectivity index (χ3n) is 6.81. The lowest BCUT2D eigenvalue weighted by Crippen LogP contribution is -2.46. The van der Waals surface area contributed by atoms with Crippen molar-refractivity contribution in [1.29, 1.82) is 0 Å². The zero-order chi connectivity index (χ0) is 24.2. The number of nitrogens with zero attached hydrogens (tertiary/aromatic N) is 3. The third kappa shape index (κ3) is 4.01. The van der Waals surface area contributed by atoms with E-state index in [1.165, 1.54) is 12.1 Å². The second kappa shape index (κ2) is 8.01. The predicted octanol–water partition coefficient (Wildman–Crippen LogP) is 4.04. The highest BCUT2D eigenvalue weighted by Gasteiger charge is 2.56. The van der Waals surface area contributed by atoms with Gasteiger partial charge in [0.15, 0.2) is 0 Å². The summed E-state index contributed by atoms with van der Waals surface area (Å²) >= 11 is 0. The highest BCUT2D eigenvalue weighted by molar-refractivity contribution is 5.52. The molecule has 0 amide bonds. The van der Waals surface area contributed by atoms with Crippen molar-refractivity contribution in [1.82, 2.24) is 9.55 Å². The molecule has 0 radical (unpaired) electrons. The highest BCUT2D eigenvalue weighted by atomic mass is 19.4. The fourth-order valence-corrected chi connectivity index (χ4v) is 5.13. The SMILES string of the molecule is O=c1nc(OCCc2ccc(Oc3cccc(C(F)(F)F)c3)cc2)cc2n1C[C@]13CO[C@H](CN21)C3. The van der Waals surface area contributed by atoms with Gasteiger partial charge in [-0.15, -0.1) is 0 Å². The van der Waals surface area contributed by atoms with Crippen molar-refractivity contribution in [3.63, 3.8) is 0 Å². The number of benzene rings is 2. The van der Waals surface area contributed by atoms with Crippen LogP contribution in [0.25, 0.3) is 0 Å². The molecule has 3 aliphatic heterocycles. The summed E-state index contributed by atoms with van der Waals surface area (Å²) in [5.74, 6) is 1.68. The number of anilines is 1. The molecule has 0 saturated carbocycles. The Kier molecular flexibility index (Phi) is 5.03. The maximum Gasteiger partial charge on any atom is 0.416 e. The molecule has 0 unspecified atom stereocenters. The summed E-state index contributed by atoms with van der Waals surface area (Å²) in [6.07, 6.45) is -2.71. The molecule has 1 aromatic heterocycles.